The zero-order chi connectivity index (χ0) is 21.8. The number of amides is 2. The summed E-state index contributed by atoms with van der Waals surface area (Å²) in [6.45, 7) is 2.77. The molecule has 0 saturated carbocycles. The normalized spacial score (nSPS) is 14.8. The van der Waals surface area contributed by atoms with Gasteiger partial charge < -0.3 is 10.6 Å². The van der Waals surface area contributed by atoms with E-state index in [9.17, 15) is 9.59 Å². The van der Waals surface area contributed by atoms with Gasteiger partial charge in [-0.25, -0.2) is 4.68 Å². The Bertz CT molecular complexity index is 1120. The van der Waals surface area contributed by atoms with Crippen LogP contribution in [-0.4, -0.2) is 37.9 Å². The monoisotopic (exact) mass is 455 g/mol. The van der Waals surface area contributed by atoms with Gasteiger partial charge in [0.15, 0.2) is 0 Å². The zero-order valence-corrected chi connectivity index (χ0v) is 18.5. The molecule has 2 N–H and O–H groups in total. The van der Waals surface area contributed by atoms with Gasteiger partial charge in [0, 0.05) is 11.4 Å². The molecule has 9 heteroatoms. The molecule has 1 atom stereocenters. The maximum Gasteiger partial charge on any atom is 0.235 e. The highest BCUT2D eigenvalue weighted by Gasteiger charge is 2.28. The molecule has 4 rings (SSSR count). The molecule has 1 aromatic heterocycles. The van der Waals surface area contributed by atoms with Crippen molar-refractivity contribution in [2.45, 2.75) is 36.6 Å². The van der Waals surface area contributed by atoms with E-state index in [4.69, 9.17) is 11.6 Å². The number of hydrogen-bond donors (Lipinski definition) is 2. The molecule has 7 nitrogen and oxygen atoms in total. The second-order valence-corrected chi connectivity index (χ2v) is 8.89. The van der Waals surface area contributed by atoms with Crippen molar-refractivity contribution in [3.8, 4) is 5.69 Å². The summed E-state index contributed by atoms with van der Waals surface area (Å²) in [6.07, 6.45) is 2.51. The van der Waals surface area contributed by atoms with Crippen molar-refractivity contribution in [1.82, 2.24) is 25.6 Å². The van der Waals surface area contributed by atoms with Crippen molar-refractivity contribution in [2.75, 3.05) is 5.88 Å². The first-order valence-corrected chi connectivity index (χ1v) is 11.3. The van der Waals surface area contributed by atoms with Gasteiger partial charge in [0.2, 0.25) is 11.8 Å². The number of benzene rings is 2. The molecule has 0 aliphatic carbocycles. The van der Waals surface area contributed by atoms with Crippen molar-refractivity contribution in [3.63, 3.8) is 0 Å². The molecule has 0 bridgehead atoms. The van der Waals surface area contributed by atoms with Crippen molar-refractivity contribution >= 4 is 35.2 Å². The quantitative estimate of drug-likeness (QED) is 0.535. The maximum absolute atomic E-state index is 12.7. The number of alkyl halides is 1. The van der Waals surface area contributed by atoms with Crippen molar-refractivity contribution in [3.05, 3.63) is 71.0 Å². The summed E-state index contributed by atoms with van der Waals surface area (Å²) in [6, 6.07) is 14.1. The largest absolute Gasteiger partial charge is 0.351 e. The molecule has 0 radical (unpaired) electrons. The topological polar surface area (TPSA) is 88.9 Å². The van der Waals surface area contributed by atoms with Crippen LogP contribution in [-0.2, 0) is 29.1 Å². The number of fused-ring (bicyclic) bond motifs is 1. The maximum atomic E-state index is 12.7. The molecular formula is C22H22ClN5O2S. The summed E-state index contributed by atoms with van der Waals surface area (Å²) in [5.41, 5.74) is 4.87. The van der Waals surface area contributed by atoms with Crippen LogP contribution in [0.1, 0.15) is 22.4 Å². The molecule has 0 saturated heterocycles. The number of hydrogen-bond acceptors (Lipinski definition) is 5. The first kappa shape index (κ1) is 21.4. The van der Waals surface area contributed by atoms with Crippen LogP contribution in [0.15, 0.2) is 53.6 Å². The number of nitrogens with one attached hydrogen (secondary N) is 2. The van der Waals surface area contributed by atoms with Gasteiger partial charge in [0.05, 0.1) is 23.7 Å². The van der Waals surface area contributed by atoms with Gasteiger partial charge in [0.25, 0.3) is 0 Å². The van der Waals surface area contributed by atoms with Gasteiger partial charge in [-0.05, 0) is 42.7 Å². The molecule has 2 heterocycles. The number of carbonyl (C=O) groups is 2. The summed E-state index contributed by atoms with van der Waals surface area (Å²) in [5, 5.41) is 13.8. The van der Waals surface area contributed by atoms with E-state index in [2.05, 4.69) is 46.1 Å². The second kappa shape index (κ2) is 9.53. The molecular weight excluding hydrogens is 434 g/mol. The SMILES string of the molecule is Cc1ccc2c(c1)SC(C(=O)NCc1cccc(-n3cc(CNC(=O)CCl)nn3)c1)C2. The first-order chi connectivity index (χ1) is 15.0. The highest BCUT2D eigenvalue weighted by Crippen LogP contribution is 2.37. The molecule has 2 aromatic carbocycles. The van der Waals surface area contributed by atoms with E-state index >= 15 is 0 Å². The molecule has 31 heavy (non-hydrogen) atoms. The van der Waals surface area contributed by atoms with Crippen LogP contribution < -0.4 is 10.6 Å². The number of aromatic nitrogens is 3. The Balaban J connectivity index is 1.34. The minimum absolute atomic E-state index is 0.0438. The van der Waals surface area contributed by atoms with Crippen molar-refractivity contribution in [1.29, 1.82) is 0 Å². The van der Waals surface area contributed by atoms with E-state index in [0.717, 1.165) is 17.7 Å². The molecule has 2 amide bonds. The predicted molar refractivity (Wildman–Crippen MR) is 120 cm³/mol. The Labute approximate surface area is 189 Å². The zero-order valence-electron chi connectivity index (χ0n) is 17.0. The van der Waals surface area contributed by atoms with E-state index in [1.807, 2.05) is 24.3 Å². The Morgan fingerprint density at radius 1 is 1.19 bits per heavy atom. The fraction of sp³-hybridized carbons (Fsp3) is 0.273. The number of thioether (sulfide) groups is 1. The van der Waals surface area contributed by atoms with E-state index in [-0.39, 0.29) is 29.5 Å². The Kier molecular flexibility index (Phi) is 6.58. The summed E-state index contributed by atoms with van der Waals surface area (Å²) in [4.78, 5) is 25.2. The summed E-state index contributed by atoms with van der Waals surface area (Å²) < 4.78 is 1.64. The Hall–Kier alpha value is -2.84. The molecule has 160 valence electrons. The average Bonchev–Trinajstić information content (AvgIpc) is 3.43. The lowest BCUT2D eigenvalue weighted by atomic mass is 10.1. The van der Waals surface area contributed by atoms with Crippen LogP contribution in [0.4, 0.5) is 0 Å². The second-order valence-electron chi connectivity index (χ2n) is 7.37. The molecule has 1 aliphatic rings. The van der Waals surface area contributed by atoms with Crippen molar-refractivity contribution in [2.24, 2.45) is 0 Å². The number of rotatable bonds is 7. The molecule has 1 unspecified atom stereocenters. The minimum atomic E-state index is -0.257. The number of nitrogens with zero attached hydrogens (tertiary/aromatic N) is 3. The first-order valence-electron chi connectivity index (χ1n) is 9.89. The third kappa shape index (κ3) is 5.26. The van der Waals surface area contributed by atoms with Crippen LogP contribution in [0.3, 0.4) is 0 Å². The van der Waals surface area contributed by atoms with Crippen LogP contribution in [0, 0.1) is 6.92 Å². The lowest BCUT2D eigenvalue weighted by molar-refractivity contribution is -0.121. The van der Waals surface area contributed by atoms with Crippen LogP contribution in [0.25, 0.3) is 5.69 Å². The van der Waals surface area contributed by atoms with Gasteiger partial charge in [-0.1, -0.05) is 35.0 Å². The molecule has 1 aliphatic heterocycles. The standard InChI is InChI=1S/C22H22ClN5O2S/c1-14-5-6-16-9-20(31-19(16)7-14)22(30)25-11-15-3-2-4-18(8-15)28-13-17(26-27-28)12-24-21(29)10-23/h2-8,13,20H,9-12H2,1H3,(H,24,29)(H,25,30). The number of aryl methyl sites for hydroxylation is 1. The number of halogens is 1. The third-order valence-corrected chi connectivity index (χ3v) is 6.50. The van der Waals surface area contributed by atoms with Crippen LogP contribution >= 0.6 is 23.4 Å². The minimum Gasteiger partial charge on any atom is -0.351 e. The van der Waals surface area contributed by atoms with Crippen molar-refractivity contribution < 1.29 is 9.59 Å². The van der Waals surface area contributed by atoms with Gasteiger partial charge in [-0.15, -0.1) is 28.5 Å². The van der Waals surface area contributed by atoms with E-state index in [0.29, 0.717) is 12.2 Å². The smallest absolute Gasteiger partial charge is 0.235 e. The summed E-state index contributed by atoms with van der Waals surface area (Å²) in [5.74, 6) is -0.303. The van der Waals surface area contributed by atoms with Gasteiger partial charge in [-0.2, -0.15) is 0 Å². The van der Waals surface area contributed by atoms with Crippen LogP contribution in [0.5, 0.6) is 0 Å². The fourth-order valence-electron chi connectivity index (χ4n) is 3.33. The molecule has 0 fully saturated rings. The fourth-order valence-corrected chi connectivity index (χ4v) is 4.75. The van der Waals surface area contributed by atoms with Crippen LogP contribution in [0.2, 0.25) is 0 Å². The van der Waals surface area contributed by atoms with E-state index in [1.165, 1.54) is 16.0 Å². The van der Waals surface area contributed by atoms with Gasteiger partial charge in [0.1, 0.15) is 11.6 Å². The highest BCUT2D eigenvalue weighted by molar-refractivity contribution is 8.01. The molecule has 3 aromatic rings. The summed E-state index contributed by atoms with van der Waals surface area (Å²) in [7, 11) is 0. The third-order valence-electron chi connectivity index (χ3n) is 4.96. The highest BCUT2D eigenvalue weighted by atomic mass is 35.5. The van der Waals surface area contributed by atoms with Gasteiger partial charge >= 0.3 is 0 Å². The van der Waals surface area contributed by atoms with Gasteiger partial charge in [-0.3, -0.25) is 9.59 Å². The average molecular weight is 456 g/mol. The number of carbonyl (C=O) groups excluding carboxylic acids is 2. The van der Waals surface area contributed by atoms with E-state index < -0.39 is 0 Å². The Morgan fingerprint density at radius 3 is 2.90 bits per heavy atom. The Morgan fingerprint density at radius 2 is 2.06 bits per heavy atom. The lowest BCUT2D eigenvalue weighted by Gasteiger charge is -2.11. The summed E-state index contributed by atoms with van der Waals surface area (Å²) >= 11 is 7.11. The van der Waals surface area contributed by atoms with E-state index in [1.54, 1.807) is 22.6 Å². The molecule has 0 spiro atoms. The lowest BCUT2D eigenvalue weighted by Crippen LogP contribution is -2.32. The predicted octanol–water partition coefficient (Wildman–Crippen LogP) is 2.76.